The molecule has 0 radical (unpaired) electrons. The van der Waals surface area contributed by atoms with Crippen molar-refractivity contribution in [1.29, 1.82) is 0 Å². The SMILES string of the molecule is OC[C@H]1O[C@H](OC[C@H]2O[C@H](O[C@@H]3[C@@H](O)[C@@H](O)O[C@H](CO)[C@H]3O)[C@H](O)[C@@H](O)[C@@H]2O)[C@H](O)[C@@H](O)[C@@H]1O. The molecule has 34 heavy (non-hydrogen) atoms. The van der Waals surface area contributed by atoms with Crippen molar-refractivity contribution in [3.05, 3.63) is 0 Å². The topological polar surface area (TPSA) is 269 Å². The number of hydrogen-bond acceptors (Lipinski definition) is 16. The predicted octanol–water partition coefficient (Wildman–Crippen LogP) is -7.57. The van der Waals surface area contributed by atoms with E-state index in [4.69, 9.17) is 23.7 Å². The van der Waals surface area contributed by atoms with E-state index in [0.29, 0.717) is 0 Å². The van der Waals surface area contributed by atoms with Crippen molar-refractivity contribution in [2.45, 2.75) is 92.1 Å². The van der Waals surface area contributed by atoms with Crippen LogP contribution in [-0.4, -0.2) is 168 Å². The minimum absolute atomic E-state index is 0.617. The summed E-state index contributed by atoms with van der Waals surface area (Å²) >= 11 is 0. The van der Waals surface area contributed by atoms with E-state index in [9.17, 15) is 56.2 Å². The lowest BCUT2D eigenvalue weighted by Crippen LogP contribution is -2.65. The molecule has 3 rings (SSSR count). The maximum Gasteiger partial charge on any atom is 0.187 e. The van der Waals surface area contributed by atoms with E-state index in [1.807, 2.05) is 0 Å². The zero-order chi connectivity index (χ0) is 25.3. The normalized spacial score (nSPS) is 52.5. The Labute approximate surface area is 192 Å². The molecule has 3 aliphatic heterocycles. The maximum atomic E-state index is 10.3. The standard InChI is InChI=1S/C18H32O16/c19-1-4-7(21)10(24)12(26)17(32-4)30-3-6-8(22)11(25)13(27)18(33-6)34-15-9(23)5(2-20)31-16(29)14(15)28/h4-29H,1-3H2/t4-,5-,6-,7-,8-,9-,10+,11+,12-,13-,14-,15+,16+,17+,18-/m1/s1. The van der Waals surface area contributed by atoms with E-state index < -0.39 is 112 Å². The zero-order valence-corrected chi connectivity index (χ0v) is 17.7. The second kappa shape index (κ2) is 11.6. The monoisotopic (exact) mass is 504 g/mol. The highest BCUT2D eigenvalue weighted by Gasteiger charge is 2.51. The maximum absolute atomic E-state index is 10.3. The van der Waals surface area contributed by atoms with Gasteiger partial charge in [0.25, 0.3) is 0 Å². The Morgan fingerprint density at radius 3 is 1.59 bits per heavy atom. The van der Waals surface area contributed by atoms with Crippen LogP contribution in [0.15, 0.2) is 0 Å². The first-order valence-corrected chi connectivity index (χ1v) is 10.6. The smallest absolute Gasteiger partial charge is 0.187 e. The quantitative estimate of drug-likeness (QED) is 0.154. The molecule has 11 N–H and O–H groups in total. The van der Waals surface area contributed by atoms with Gasteiger partial charge in [0.15, 0.2) is 18.9 Å². The molecule has 15 atom stereocenters. The van der Waals surface area contributed by atoms with Gasteiger partial charge in [-0.05, 0) is 0 Å². The number of aliphatic hydroxyl groups is 11. The molecule has 16 nitrogen and oxygen atoms in total. The molecular weight excluding hydrogens is 472 g/mol. The first-order chi connectivity index (χ1) is 16.0. The van der Waals surface area contributed by atoms with E-state index in [-0.39, 0.29) is 0 Å². The largest absolute Gasteiger partial charge is 0.394 e. The lowest BCUT2D eigenvalue weighted by molar-refractivity contribution is -0.362. The predicted molar refractivity (Wildman–Crippen MR) is 101 cm³/mol. The van der Waals surface area contributed by atoms with E-state index in [0.717, 1.165) is 0 Å². The minimum atomic E-state index is -1.88. The summed E-state index contributed by atoms with van der Waals surface area (Å²) < 4.78 is 26.1. The lowest BCUT2D eigenvalue weighted by Gasteiger charge is -2.45. The molecule has 0 aliphatic carbocycles. The van der Waals surface area contributed by atoms with Crippen LogP contribution in [0.25, 0.3) is 0 Å². The fraction of sp³-hybridized carbons (Fsp3) is 1.00. The molecule has 16 heteroatoms. The summed E-state index contributed by atoms with van der Waals surface area (Å²) in [5, 5.41) is 109. The van der Waals surface area contributed by atoms with Crippen LogP contribution in [0.3, 0.4) is 0 Å². The average Bonchev–Trinajstić information content (AvgIpc) is 2.82. The summed E-state index contributed by atoms with van der Waals surface area (Å²) in [6.07, 6.45) is -25.0. The van der Waals surface area contributed by atoms with E-state index >= 15 is 0 Å². The summed E-state index contributed by atoms with van der Waals surface area (Å²) in [5.41, 5.74) is 0. The molecule has 3 heterocycles. The fourth-order valence-electron chi connectivity index (χ4n) is 3.94. The molecule has 0 amide bonds. The van der Waals surface area contributed by atoms with Crippen LogP contribution in [0.2, 0.25) is 0 Å². The number of aliphatic hydroxyl groups excluding tert-OH is 11. The van der Waals surface area contributed by atoms with Crippen LogP contribution < -0.4 is 0 Å². The van der Waals surface area contributed by atoms with Crippen LogP contribution in [0.1, 0.15) is 0 Å². The molecule has 200 valence electrons. The third-order valence-electron chi connectivity index (χ3n) is 6.07. The van der Waals surface area contributed by atoms with Gasteiger partial charge in [0, 0.05) is 0 Å². The molecule has 0 bridgehead atoms. The Morgan fingerprint density at radius 2 is 1.00 bits per heavy atom. The van der Waals surface area contributed by atoms with Crippen molar-refractivity contribution >= 4 is 0 Å². The van der Waals surface area contributed by atoms with Crippen molar-refractivity contribution in [2.75, 3.05) is 19.8 Å². The molecule has 3 aliphatic rings. The third kappa shape index (κ3) is 5.52. The molecule has 0 spiro atoms. The second-order valence-corrected chi connectivity index (χ2v) is 8.37. The summed E-state index contributed by atoms with van der Waals surface area (Å²) in [5.74, 6) is 0. The molecule has 0 aromatic heterocycles. The van der Waals surface area contributed by atoms with Gasteiger partial charge in [-0.25, -0.2) is 0 Å². The van der Waals surface area contributed by atoms with Crippen LogP contribution >= 0.6 is 0 Å². The first-order valence-electron chi connectivity index (χ1n) is 10.6. The Balaban J connectivity index is 1.66. The fourth-order valence-corrected chi connectivity index (χ4v) is 3.94. The van der Waals surface area contributed by atoms with Crippen molar-refractivity contribution in [3.8, 4) is 0 Å². The van der Waals surface area contributed by atoms with Crippen molar-refractivity contribution in [3.63, 3.8) is 0 Å². The summed E-state index contributed by atoms with van der Waals surface area (Å²) in [6, 6.07) is 0. The zero-order valence-electron chi connectivity index (χ0n) is 17.7. The summed E-state index contributed by atoms with van der Waals surface area (Å²) in [6.45, 7) is -2.06. The van der Waals surface area contributed by atoms with Crippen molar-refractivity contribution < 1.29 is 79.9 Å². The highest BCUT2D eigenvalue weighted by Crippen LogP contribution is 2.29. The lowest BCUT2D eigenvalue weighted by atomic mass is 9.97. The average molecular weight is 504 g/mol. The van der Waals surface area contributed by atoms with Gasteiger partial charge in [-0.15, -0.1) is 0 Å². The van der Waals surface area contributed by atoms with Crippen molar-refractivity contribution in [2.24, 2.45) is 0 Å². The second-order valence-electron chi connectivity index (χ2n) is 8.37. The molecule has 0 unspecified atom stereocenters. The third-order valence-corrected chi connectivity index (χ3v) is 6.07. The van der Waals surface area contributed by atoms with Gasteiger partial charge < -0.3 is 79.9 Å². The number of ether oxygens (including phenoxy) is 5. The van der Waals surface area contributed by atoms with Gasteiger partial charge >= 0.3 is 0 Å². The molecule has 3 saturated heterocycles. The molecule has 0 saturated carbocycles. The molecule has 0 aromatic carbocycles. The van der Waals surface area contributed by atoms with Gasteiger partial charge in [0.05, 0.1) is 19.8 Å². The Bertz CT molecular complexity index is 639. The number of rotatable bonds is 7. The van der Waals surface area contributed by atoms with Gasteiger partial charge in [0.1, 0.15) is 73.2 Å². The van der Waals surface area contributed by atoms with Crippen LogP contribution in [-0.2, 0) is 23.7 Å². The molecule has 3 fully saturated rings. The highest BCUT2D eigenvalue weighted by atomic mass is 16.7. The van der Waals surface area contributed by atoms with Gasteiger partial charge in [-0.2, -0.15) is 0 Å². The van der Waals surface area contributed by atoms with Gasteiger partial charge in [-0.1, -0.05) is 0 Å². The van der Waals surface area contributed by atoms with Crippen molar-refractivity contribution in [1.82, 2.24) is 0 Å². The van der Waals surface area contributed by atoms with Gasteiger partial charge in [-0.3, -0.25) is 0 Å². The van der Waals surface area contributed by atoms with E-state index in [1.54, 1.807) is 0 Å². The summed E-state index contributed by atoms with van der Waals surface area (Å²) in [4.78, 5) is 0. The Hall–Kier alpha value is -0.640. The van der Waals surface area contributed by atoms with Gasteiger partial charge in [0.2, 0.25) is 0 Å². The summed E-state index contributed by atoms with van der Waals surface area (Å²) in [7, 11) is 0. The minimum Gasteiger partial charge on any atom is -0.394 e. The number of hydrogen-bond donors (Lipinski definition) is 11. The Kier molecular flexibility index (Phi) is 9.54. The highest BCUT2D eigenvalue weighted by molar-refractivity contribution is 4.94. The molecule has 0 aromatic rings. The van der Waals surface area contributed by atoms with Crippen LogP contribution in [0, 0.1) is 0 Å². The molecular formula is C18H32O16. The van der Waals surface area contributed by atoms with Crippen LogP contribution in [0.4, 0.5) is 0 Å². The Morgan fingerprint density at radius 1 is 0.500 bits per heavy atom. The van der Waals surface area contributed by atoms with E-state index in [1.165, 1.54) is 0 Å². The first kappa shape index (κ1) is 27.9. The van der Waals surface area contributed by atoms with Crippen LogP contribution in [0.5, 0.6) is 0 Å². The van der Waals surface area contributed by atoms with E-state index in [2.05, 4.69) is 0 Å².